The van der Waals surface area contributed by atoms with Gasteiger partial charge in [0.05, 0.1) is 6.54 Å². The molecule has 2 fully saturated rings. The maximum absolute atomic E-state index is 12.7. The van der Waals surface area contributed by atoms with Crippen LogP contribution < -0.4 is 5.32 Å². The second-order valence-electron chi connectivity index (χ2n) is 6.36. The topological polar surface area (TPSA) is 49.4 Å². The summed E-state index contributed by atoms with van der Waals surface area (Å²) in [6.45, 7) is 3.11. The number of benzene rings is 1. The summed E-state index contributed by atoms with van der Waals surface area (Å²) in [6.07, 6.45) is 4.65. The van der Waals surface area contributed by atoms with Crippen LogP contribution in [0.1, 0.15) is 44.2 Å². The van der Waals surface area contributed by atoms with E-state index in [1.165, 1.54) is 12.8 Å². The Morgan fingerprint density at radius 3 is 2.57 bits per heavy atom. The van der Waals surface area contributed by atoms with E-state index in [2.05, 4.69) is 12.2 Å². The number of hydrogen-bond donors (Lipinski definition) is 1. The maximum Gasteiger partial charge on any atom is 0.250 e. The first-order valence-corrected chi connectivity index (χ1v) is 7.77. The van der Waals surface area contributed by atoms with Gasteiger partial charge in [-0.15, -0.1) is 0 Å². The van der Waals surface area contributed by atoms with E-state index >= 15 is 0 Å². The molecule has 0 radical (unpaired) electrons. The second-order valence-corrected chi connectivity index (χ2v) is 6.36. The lowest BCUT2D eigenvalue weighted by Gasteiger charge is -2.35. The molecule has 3 rings (SSSR count). The Kier molecular flexibility index (Phi) is 3.70. The molecule has 1 unspecified atom stereocenters. The van der Waals surface area contributed by atoms with Crippen molar-refractivity contribution < 1.29 is 9.59 Å². The number of hydrogen-bond acceptors (Lipinski definition) is 2. The van der Waals surface area contributed by atoms with Crippen molar-refractivity contribution in [2.75, 3.05) is 13.1 Å². The van der Waals surface area contributed by atoms with Crippen LogP contribution in [0, 0.1) is 5.41 Å². The standard InChI is InChI=1S/C17H22N2O2/c1-2-8-17(9-10-17)12-19-11-14(20)18-15(16(19)21)13-6-4-3-5-7-13/h3-7,15H,2,8-12H2,1H3,(H,18,20). The van der Waals surface area contributed by atoms with Crippen molar-refractivity contribution in [1.82, 2.24) is 10.2 Å². The summed E-state index contributed by atoms with van der Waals surface area (Å²) in [7, 11) is 0. The third-order valence-corrected chi connectivity index (χ3v) is 4.60. The average Bonchev–Trinajstić information content (AvgIpc) is 3.23. The van der Waals surface area contributed by atoms with Crippen molar-refractivity contribution in [2.24, 2.45) is 5.41 Å². The molecule has 112 valence electrons. The van der Waals surface area contributed by atoms with Crippen molar-refractivity contribution in [3.63, 3.8) is 0 Å². The first-order valence-electron chi connectivity index (χ1n) is 7.77. The minimum absolute atomic E-state index is 0.0307. The third kappa shape index (κ3) is 2.94. The fourth-order valence-corrected chi connectivity index (χ4v) is 3.31. The first-order chi connectivity index (χ1) is 10.1. The zero-order chi connectivity index (χ0) is 14.9. The number of amides is 2. The molecule has 1 saturated carbocycles. The molecule has 1 atom stereocenters. The molecule has 0 aromatic heterocycles. The molecular formula is C17H22N2O2. The molecule has 1 heterocycles. The highest BCUT2D eigenvalue weighted by atomic mass is 16.2. The Labute approximate surface area is 125 Å². The van der Waals surface area contributed by atoms with Crippen LogP contribution in [0.15, 0.2) is 30.3 Å². The molecule has 1 aliphatic heterocycles. The van der Waals surface area contributed by atoms with Gasteiger partial charge >= 0.3 is 0 Å². The smallest absolute Gasteiger partial charge is 0.250 e. The van der Waals surface area contributed by atoms with E-state index in [4.69, 9.17) is 0 Å². The minimum atomic E-state index is -0.523. The molecule has 2 amide bonds. The predicted octanol–water partition coefficient (Wildman–Crippen LogP) is 2.27. The van der Waals surface area contributed by atoms with E-state index in [9.17, 15) is 9.59 Å². The van der Waals surface area contributed by atoms with Crippen molar-refractivity contribution >= 4 is 11.8 Å². The quantitative estimate of drug-likeness (QED) is 0.902. The van der Waals surface area contributed by atoms with Crippen LogP contribution in [0.3, 0.4) is 0 Å². The fourth-order valence-electron chi connectivity index (χ4n) is 3.31. The third-order valence-electron chi connectivity index (χ3n) is 4.60. The molecule has 1 saturated heterocycles. The minimum Gasteiger partial charge on any atom is -0.339 e. The highest BCUT2D eigenvalue weighted by Gasteiger charge is 2.46. The molecule has 4 heteroatoms. The summed E-state index contributed by atoms with van der Waals surface area (Å²) < 4.78 is 0. The number of carbonyl (C=O) groups excluding carboxylic acids is 2. The van der Waals surface area contributed by atoms with Crippen LogP contribution in [0.4, 0.5) is 0 Å². The van der Waals surface area contributed by atoms with Crippen molar-refractivity contribution in [2.45, 2.75) is 38.6 Å². The van der Waals surface area contributed by atoms with Crippen LogP contribution in [-0.4, -0.2) is 29.8 Å². The van der Waals surface area contributed by atoms with Crippen molar-refractivity contribution in [1.29, 1.82) is 0 Å². The monoisotopic (exact) mass is 286 g/mol. The molecule has 1 N–H and O–H groups in total. The zero-order valence-electron chi connectivity index (χ0n) is 12.5. The Balaban J connectivity index is 1.76. The van der Waals surface area contributed by atoms with Gasteiger partial charge in [0.2, 0.25) is 11.8 Å². The van der Waals surface area contributed by atoms with Gasteiger partial charge in [-0.3, -0.25) is 9.59 Å². The zero-order valence-corrected chi connectivity index (χ0v) is 12.5. The van der Waals surface area contributed by atoms with Crippen LogP contribution in [-0.2, 0) is 9.59 Å². The molecule has 1 aliphatic carbocycles. The highest BCUT2D eigenvalue weighted by Crippen LogP contribution is 2.50. The Bertz CT molecular complexity index is 537. The highest BCUT2D eigenvalue weighted by molar-refractivity contribution is 5.95. The summed E-state index contributed by atoms with van der Waals surface area (Å²) in [4.78, 5) is 26.4. The van der Waals surface area contributed by atoms with E-state index in [-0.39, 0.29) is 23.8 Å². The Hall–Kier alpha value is -1.84. The van der Waals surface area contributed by atoms with E-state index in [1.807, 2.05) is 30.3 Å². The molecular weight excluding hydrogens is 264 g/mol. The summed E-state index contributed by atoms with van der Waals surface area (Å²) >= 11 is 0. The lowest BCUT2D eigenvalue weighted by molar-refractivity contribution is -0.145. The number of piperazine rings is 1. The number of rotatable bonds is 5. The van der Waals surface area contributed by atoms with Gasteiger partial charge in [0.25, 0.3) is 0 Å². The van der Waals surface area contributed by atoms with E-state index in [0.29, 0.717) is 0 Å². The molecule has 4 nitrogen and oxygen atoms in total. The normalized spacial score (nSPS) is 23.9. The molecule has 1 aromatic carbocycles. The van der Waals surface area contributed by atoms with Gasteiger partial charge in [0.15, 0.2) is 0 Å². The lowest BCUT2D eigenvalue weighted by atomic mass is 9.97. The van der Waals surface area contributed by atoms with E-state index in [0.717, 1.165) is 24.9 Å². The maximum atomic E-state index is 12.7. The van der Waals surface area contributed by atoms with Gasteiger partial charge in [-0.2, -0.15) is 0 Å². The molecule has 0 bridgehead atoms. The summed E-state index contributed by atoms with van der Waals surface area (Å²) in [5.41, 5.74) is 1.14. The summed E-state index contributed by atoms with van der Waals surface area (Å²) in [5, 5.41) is 2.82. The first kappa shape index (κ1) is 14.1. The second kappa shape index (κ2) is 5.51. The number of carbonyl (C=O) groups is 2. The van der Waals surface area contributed by atoms with Gasteiger partial charge in [-0.25, -0.2) is 0 Å². The fraction of sp³-hybridized carbons (Fsp3) is 0.529. The van der Waals surface area contributed by atoms with Gasteiger partial charge in [-0.05, 0) is 30.2 Å². The molecule has 0 spiro atoms. The van der Waals surface area contributed by atoms with Crippen LogP contribution in [0.25, 0.3) is 0 Å². The predicted molar refractivity (Wildman–Crippen MR) is 80.5 cm³/mol. The van der Waals surface area contributed by atoms with E-state index < -0.39 is 6.04 Å². The Morgan fingerprint density at radius 1 is 1.24 bits per heavy atom. The number of nitrogens with one attached hydrogen (secondary N) is 1. The summed E-state index contributed by atoms with van der Waals surface area (Å²) in [6, 6.07) is 8.97. The van der Waals surface area contributed by atoms with Gasteiger partial charge in [0.1, 0.15) is 6.04 Å². The largest absolute Gasteiger partial charge is 0.339 e. The van der Waals surface area contributed by atoms with Gasteiger partial charge in [0, 0.05) is 6.54 Å². The van der Waals surface area contributed by atoms with Crippen LogP contribution in [0.5, 0.6) is 0 Å². The van der Waals surface area contributed by atoms with Crippen molar-refractivity contribution in [3.05, 3.63) is 35.9 Å². The molecule has 21 heavy (non-hydrogen) atoms. The average molecular weight is 286 g/mol. The number of nitrogens with zero attached hydrogens (tertiary/aromatic N) is 1. The summed E-state index contributed by atoms with van der Waals surface area (Å²) in [5.74, 6) is -0.0288. The van der Waals surface area contributed by atoms with Crippen LogP contribution in [0.2, 0.25) is 0 Å². The van der Waals surface area contributed by atoms with E-state index in [1.54, 1.807) is 4.90 Å². The SMILES string of the molecule is CCCC1(CN2CC(=O)NC(c3ccccc3)C2=O)CC1. The van der Waals surface area contributed by atoms with Crippen LogP contribution >= 0.6 is 0 Å². The van der Waals surface area contributed by atoms with Crippen molar-refractivity contribution in [3.8, 4) is 0 Å². The van der Waals surface area contributed by atoms with Gasteiger partial charge < -0.3 is 10.2 Å². The molecule has 2 aliphatic rings. The Morgan fingerprint density at radius 2 is 1.95 bits per heavy atom. The van der Waals surface area contributed by atoms with Gasteiger partial charge in [-0.1, -0.05) is 43.7 Å². The lowest BCUT2D eigenvalue weighted by Crippen LogP contribution is -2.54. The molecule has 1 aromatic rings.